The Morgan fingerprint density at radius 2 is 2.00 bits per heavy atom. The van der Waals surface area contributed by atoms with Gasteiger partial charge in [0, 0.05) is 12.2 Å². The Bertz CT molecular complexity index is 716. The average molecular weight is 323 g/mol. The van der Waals surface area contributed by atoms with Crippen LogP contribution in [0.1, 0.15) is 26.7 Å². The molecule has 1 aliphatic heterocycles. The molecule has 0 saturated heterocycles. The Hall–Kier alpha value is -1.56. The van der Waals surface area contributed by atoms with E-state index in [1.165, 1.54) is 12.3 Å². The number of ether oxygens (including phenoxy) is 1. The van der Waals surface area contributed by atoms with Crippen LogP contribution in [-0.2, 0) is 14.6 Å². The Labute approximate surface area is 131 Å². The highest BCUT2D eigenvalue weighted by Crippen LogP contribution is 2.46. The Morgan fingerprint density at radius 1 is 1.32 bits per heavy atom. The zero-order chi connectivity index (χ0) is 16.1. The van der Waals surface area contributed by atoms with Crippen molar-refractivity contribution in [2.45, 2.75) is 31.6 Å². The second-order valence-electron chi connectivity index (χ2n) is 7.01. The molecule has 3 rings (SSSR count). The molecule has 1 amide bonds. The van der Waals surface area contributed by atoms with E-state index >= 15 is 0 Å². The van der Waals surface area contributed by atoms with Gasteiger partial charge in [0.2, 0.25) is 5.91 Å². The molecule has 22 heavy (non-hydrogen) atoms. The van der Waals surface area contributed by atoms with Gasteiger partial charge in [-0.15, -0.1) is 0 Å². The van der Waals surface area contributed by atoms with E-state index in [1.807, 2.05) is 0 Å². The third-order valence-corrected chi connectivity index (χ3v) is 5.55. The summed E-state index contributed by atoms with van der Waals surface area (Å²) < 4.78 is 29.0. The summed E-state index contributed by atoms with van der Waals surface area (Å²) >= 11 is 0. The van der Waals surface area contributed by atoms with Crippen molar-refractivity contribution in [3.05, 3.63) is 18.2 Å². The van der Waals surface area contributed by atoms with Gasteiger partial charge in [0.15, 0.2) is 9.84 Å². The van der Waals surface area contributed by atoms with Gasteiger partial charge in [-0.25, -0.2) is 8.42 Å². The minimum absolute atomic E-state index is 0.0304. The van der Waals surface area contributed by atoms with E-state index in [0.717, 1.165) is 12.8 Å². The van der Waals surface area contributed by atoms with Crippen molar-refractivity contribution in [2.24, 2.45) is 11.3 Å². The molecule has 1 heterocycles. The van der Waals surface area contributed by atoms with Gasteiger partial charge in [-0.05, 0) is 36.5 Å². The highest BCUT2D eigenvalue weighted by molar-refractivity contribution is 7.90. The zero-order valence-corrected chi connectivity index (χ0v) is 13.9. The number of carbonyl (C=O) groups excluding carboxylic acids is 1. The van der Waals surface area contributed by atoms with Crippen molar-refractivity contribution in [3.8, 4) is 5.75 Å². The Morgan fingerprint density at radius 3 is 2.59 bits per heavy atom. The van der Waals surface area contributed by atoms with Gasteiger partial charge in [-0.3, -0.25) is 4.79 Å². The van der Waals surface area contributed by atoms with E-state index in [2.05, 4.69) is 13.8 Å². The lowest BCUT2D eigenvalue weighted by Gasteiger charge is -2.44. The number of carbonyl (C=O) groups is 1. The van der Waals surface area contributed by atoms with Crippen LogP contribution in [-0.4, -0.2) is 33.7 Å². The molecule has 6 heteroatoms. The smallest absolute Gasteiger partial charge is 0.230 e. The number of anilines is 1. The monoisotopic (exact) mass is 323 g/mol. The molecule has 0 aromatic heterocycles. The van der Waals surface area contributed by atoms with Crippen LogP contribution in [0.3, 0.4) is 0 Å². The van der Waals surface area contributed by atoms with Crippen LogP contribution in [0.2, 0.25) is 0 Å². The predicted octanol–water partition coefficient (Wildman–Crippen LogP) is 2.25. The first-order chi connectivity index (χ1) is 10.2. The first-order valence-corrected chi connectivity index (χ1v) is 9.35. The zero-order valence-electron chi connectivity index (χ0n) is 13.1. The Kier molecular flexibility index (Phi) is 3.47. The summed E-state index contributed by atoms with van der Waals surface area (Å²) in [6, 6.07) is 4.70. The standard InChI is InChI=1S/C16H21NO4S/c1-16(2)9-11(10-16)15(18)17-6-7-21-14-5-4-12(8-13(14)17)22(3,19)20/h4-5,8,11H,6-7,9-10H2,1-3H3. The second-order valence-corrected chi connectivity index (χ2v) is 9.03. The van der Waals surface area contributed by atoms with Crippen LogP contribution in [0.25, 0.3) is 0 Å². The molecule has 2 aliphatic rings. The molecule has 1 aromatic rings. The lowest BCUT2D eigenvalue weighted by molar-refractivity contribution is -0.129. The van der Waals surface area contributed by atoms with Crippen LogP contribution in [0.4, 0.5) is 5.69 Å². The van der Waals surface area contributed by atoms with Gasteiger partial charge >= 0.3 is 0 Å². The van der Waals surface area contributed by atoms with E-state index in [-0.39, 0.29) is 22.1 Å². The molecule has 1 aromatic carbocycles. The number of hydrogen-bond acceptors (Lipinski definition) is 4. The summed E-state index contributed by atoms with van der Waals surface area (Å²) in [6.07, 6.45) is 2.92. The molecular formula is C16H21NO4S. The van der Waals surface area contributed by atoms with Crippen LogP contribution >= 0.6 is 0 Å². The molecule has 0 unspecified atom stereocenters. The molecule has 5 nitrogen and oxygen atoms in total. The van der Waals surface area contributed by atoms with Crippen molar-refractivity contribution in [1.82, 2.24) is 0 Å². The number of amides is 1. The molecule has 0 atom stereocenters. The first-order valence-electron chi connectivity index (χ1n) is 7.46. The van der Waals surface area contributed by atoms with Gasteiger partial charge in [0.25, 0.3) is 0 Å². The molecule has 0 N–H and O–H groups in total. The number of fused-ring (bicyclic) bond motifs is 1. The van der Waals surface area contributed by atoms with E-state index in [0.29, 0.717) is 24.6 Å². The summed E-state index contributed by atoms with van der Waals surface area (Å²) in [5, 5.41) is 0. The van der Waals surface area contributed by atoms with Crippen LogP contribution in [0.5, 0.6) is 5.75 Å². The minimum atomic E-state index is -3.31. The van der Waals surface area contributed by atoms with E-state index in [9.17, 15) is 13.2 Å². The highest BCUT2D eigenvalue weighted by Gasteiger charge is 2.43. The number of rotatable bonds is 2. The normalized spacial score (nSPS) is 20.8. The molecule has 1 aliphatic carbocycles. The predicted molar refractivity (Wildman–Crippen MR) is 83.9 cm³/mol. The summed E-state index contributed by atoms with van der Waals surface area (Å²) in [4.78, 5) is 14.6. The topological polar surface area (TPSA) is 63.7 Å². The summed E-state index contributed by atoms with van der Waals surface area (Å²) in [6.45, 7) is 5.22. The van der Waals surface area contributed by atoms with E-state index in [4.69, 9.17) is 4.74 Å². The van der Waals surface area contributed by atoms with Crippen molar-refractivity contribution >= 4 is 21.4 Å². The summed E-state index contributed by atoms with van der Waals surface area (Å²) in [5.74, 6) is 0.683. The Balaban J connectivity index is 1.92. The average Bonchev–Trinajstić information content (AvgIpc) is 2.41. The highest BCUT2D eigenvalue weighted by atomic mass is 32.2. The third kappa shape index (κ3) is 2.72. The SMILES string of the molecule is CC1(C)CC(C(=O)N2CCOc3ccc(S(C)(=O)=O)cc32)C1. The lowest BCUT2D eigenvalue weighted by Crippen LogP contribution is -2.47. The van der Waals surface area contributed by atoms with Crippen LogP contribution in [0.15, 0.2) is 23.1 Å². The fourth-order valence-corrected chi connectivity index (χ4v) is 3.97. The first kappa shape index (κ1) is 15.3. The number of nitrogens with zero attached hydrogens (tertiary/aromatic N) is 1. The number of benzene rings is 1. The maximum Gasteiger partial charge on any atom is 0.230 e. The number of sulfone groups is 1. The summed E-state index contributed by atoms with van der Waals surface area (Å²) in [7, 11) is -3.31. The fraction of sp³-hybridized carbons (Fsp3) is 0.562. The third-order valence-electron chi connectivity index (χ3n) is 4.44. The van der Waals surface area contributed by atoms with Crippen molar-refractivity contribution in [3.63, 3.8) is 0 Å². The van der Waals surface area contributed by atoms with E-state index < -0.39 is 9.84 Å². The quantitative estimate of drug-likeness (QED) is 0.837. The summed E-state index contributed by atoms with van der Waals surface area (Å²) in [5.41, 5.74) is 0.799. The largest absolute Gasteiger partial charge is 0.490 e. The van der Waals surface area contributed by atoms with Crippen LogP contribution < -0.4 is 9.64 Å². The molecule has 0 bridgehead atoms. The van der Waals surface area contributed by atoms with Gasteiger partial charge < -0.3 is 9.64 Å². The van der Waals surface area contributed by atoms with Gasteiger partial charge in [-0.1, -0.05) is 13.8 Å². The molecular weight excluding hydrogens is 302 g/mol. The van der Waals surface area contributed by atoms with Gasteiger partial charge in [0.1, 0.15) is 12.4 Å². The lowest BCUT2D eigenvalue weighted by atomic mass is 9.64. The van der Waals surface area contributed by atoms with Crippen molar-refractivity contribution < 1.29 is 17.9 Å². The molecule has 1 saturated carbocycles. The molecule has 1 fully saturated rings. The van der Waals surface area contributed by atoms with E-state index in [1.54, 1.807) is 17.0 Å². The minimum Gasteiger partial charge on any atom is -0.490 e. The van der Waals surface area contributed by atoms with Gasteiger partial charge in [-0.2, -0.15) is 0 Å². The van der Waals surface area contributed by atoms with Crippen molar-refractivity contribution in [1.29, 1.82) is 0 Å². The fourth-order valence-electron chi connectivity index (χ4n) is 3.33. The maximum absolute atomic E-state index is 12.7. The number of hydrogen-bond donors (Lipinski definition) is 0. The van der Waals surface area contributed by atoms with Crippen molar-refractivity contribution in [2.75, 3.05) is 24.3 Å². The second kappa shape index (κ2) is 4.98. The van der Waals surface area contributed by atoms with Crippen LogP contribution in [0, 0.1) is 11.3 Å². The maximum atomic E-state index is 12.7. The van der Waals surface area contributed by atoms with Gasteiger partial charge in [0.05, 0.1) is 17.1 Å². The molecule has 120 valence electrons. The molecule has 0 spiro atoms. The molecule has 0 radical (unpaired) electrons.